The van der Waals surface area contributed by atoms with Crippen molar-refractivity contribution in [2.24, 2.45) is 0 Å². The van der Waals surface area contributed by atoms with E-state index in [0.717, 1.165) is 30.8 Å². The molecule has 1 aliphatic rings. The van der Waals surface area contributed by atoms with E-state index in [4.69, 9.17) is 9.84 Å². The van der Waals surface area contributed by atoms with E-state index in [-0.39, 0.29) is 6.73 Å². The van der Waals surface area contributed by atoms with E-state index < -0.39 is 0 Å². The summed E-state index contributed by atoms with van der Waals surface area (Å²) >= 11 is 0. The number of aliphatic hydroxyl groups excluding tert-OH is 1. The van der Waals surface area contributed by atoms with Gasteiger partial charge in [-0.25, -0.2) is 0 Å². The molecular formula is C6H14NO2+. The lowest BCUT2D eigenvalue weighted by Crippen LogP contribution is -2.52. The number of morpholine rings is 1. The van der Waals surface area contributed by atoms with Crippen molar-refractivity contribution in [3.8, 4) is 0 Å². The van der Waals surface area contributed by atoms with Crippen LogP contribution in [0, 0.1) is 0 Å². The molecule has 0 unspecified atom stereocenters. The van der Waals surface area contributed by atoms with Crippen LogP contribution in [-0.4, -0.2) is 49.7 Å². The lowest BCUT2D eigenvalue weighted by atomic mass is 10.4. The molecule has 0 aromatic rings. The number of hydrogen-bond acceptors (Lipinski definition) is 2. The first-order valence-electron chi connectivity index (χ1n) is 3.29. The highest BCUT2D eigenvalue weighted by molar-refractivity contribution is 4.41. The van der Waals surface area contributed by atoms with E-state index in [0.29, 0.717) is 0 Å². The van der Waals surface area contributed by atoms with Crippen LogP contribution in [0.1, 0.15) is 0 Å². The summed E-state index contributed by atoms with van der Waals surface area (Å²) in [7, 11) is 2.04. The minimum Gasteiger partial charge on any atom is -0.370 e. The van der Waals surface area contributed by atoms with E-state index in [1.807, 2.05) is 7.05 Å². The van der Waals surface area contributed by atoms with Crippen molar-refractivity contribution in [2.75, 3.05) is 40.1 Å². The minimum absolute atomic E-state index is 0.239. The maximum atomic E-state index is 8.87. The van der Waals surface area contributed by atoms with Crippen LogP contribution < -0.4 is 0 Å². The molecule has 1 fully saturated rings. The van der Waals surface area contributed by atoms with Gasteiger partial charge in [-0.1, -0.05) is 0 Å². The molecule has 1 aliphatic heterocycles. The van der Waals surface area contributed by atoms with Crippen LogP contribution in [0.4, 0.5) is 0 Å². The fourth-order valence-electron chi connectivity index (χ4n) is 0.925. The molecule has 1 saturated heterocycles. The topological polar surface area (TPSA) is 29.5 Å². The highest BCUT2D eigenvalue weighted by atomic mass is 16.5. The van der Waals surface area contributed by atoms with Gasteiger partial charge in [0.15, 0.2) is 6.73 Å². The largest absolute Gasteiger partial charge is 0.370 e. The Balaban J connectivity index is 2.37. The van der Waals surface area contributed by atoms with Gasteiger partial charge in [-0.3, -0.25) is 4.48 Å². The third kappa shape index (κ3) is 1.64. The Labute approximate surface area is 55.4 Å². The number of quaternary nitrogens is 1. The molecule has 0 spiro atoms. The fraction of sp³-hybridized carbons (Fsp3) is 1.00. The molecule has 0 aliphatic carbocycles. The summed E-state index contributed by atoms with van der Waals surface area (Å²) in [6, 6.07) is 0. The minimum atomic E-state index is 0.239. The molecule has 0 aromatic carbocycles. The molecular weight excluding hydrogens is 118 g/mol. The molecule has 1 heterocycles. The monoisotopic (exact) mass is 132 g/mol. The van der Waals surface area contributed by atoms with Gasteiger partial charge in [-0.05, 0) is 0 Å². The van der Waals surface area contributed by atoms with Crippen molar-refractivity contribution in [3.63, 3.8) is 0 Å². The van der Waals surface area contributed by atoms with Crippen molar-refractivity contribution < 1.29 is 14.3 Å². The van der Waals surface area contributed by atoms with Crippen LogP contribution >= 0.6 is 0 Å². The second-order valence-corrected chi connectivity index (χ2v) is 2.82. The SMILES string of the molecule is C[N+]1(CO)CCOCC1. The van der Waals surface area contributed by atoms with Gasteiger partial charge in [-0.2, -0.15) is 0 Å². The molecule has 54 valence electrons. The molecule has 0 radical (unpaired) electrons. The Bertz CT molecular complexity index is 89.1. The molecule has 0 saturated carbocycles. The standard InChI is InChI=1S/C6H14NO2/c1-7(6-8)2-4-9-5-3-7/h8H,2-6H2,1H3/q+1. The highest BCUT2D eigenvalue weighted by Crippen LogP contribution is 2.04. The quantitative estimate of drug-likeness (QED) is 0.483. The van der Waals surface area contributed by atoms with E-state index in [2.05, 4.69) is 0 Å². The van der Waals surface area contributed by atoms with Crippen molar-refractivity contribution in [3.05, 3.63) is 0 Å². The van der Waals surface area contributed by atoms with Crippen LogP contribution in [0.2, 0.25) is 0 Å². The second kappa shape index (κ2) is 2.64. The molecule has 3 heteroatoms. The zero-order valence-corrected chi connectivity index (χ0v) is 5.84. The lowest BCUT2D eigenvalue weighted by molar-refractivity contribution is -0.934. The van der Waals surface area contributed by atoms with Crippen molar-refractivity contribution >= 4 is 0 Å². The summed E-state index contributed by atoms with van der Waals surface area (Å²) in [5, 5.41) is 8.87. The third-order valence-corrected chi connectivity index (χ3v) is 1.89. The number of likely N-dealkylation sites (N-methyl/N-ethyl adjacent to an activating group) is 1. The van der Waals surface area contributed by atoms with Gasteiger partial charge in [0.05, 0.1) is 20.3 Å². The fourth-order valence-corrected chi connectivity index (χ4v) is 0.925. The van der Waals surface area contributed by atoms with E-state index in [9.17, 15) is 0 Å². The summed E-state index contributed by atoms with van der Waals surface area (Å²) in [5.74, 6) is 0. The number of ether oxygens (including phenoxy) is 1. The second-order valence-electron chi connectivity index (χ2n) is 2.82. The highest BCUT2D eigenvalue weighted by Gasteiger charge is 2.23. The average molecular weight is 132 g/mol. The maximum absolute atomic E-state index is 8.87. The van der Waals surface area contributed by atoms with Crippen LogP contribution in [-0.2, 0) is 4.74 Å². The number of hydrogen-bond donors (Lipinski definition) is 1. The first-order valence-corrected chi connectivity index (χ1v) is 3.29. The molecule has 1 rings (SSSR count). The van der Waals surface area contributed by atoms with Gasteiger partial charge >= 0.3 is 0 Å². The van der Waals surface area contributed by atoms with Gasteiger partial charge in [0.25, 0.3) is 0 Å². The summed E-state index contributed by atoms with van der Waals surface area (Å²) in [6.07, 6.45) is 0. The zero-order chi connectivity index (χ0) is 6.74. The first-order chi connectivity index (χ1) is 4.27. The van der Waals surface area contributed by atoms with Crippen LogP contribution in [0.15, 0.2) is 0 Å². The molecule has 3 nitrogen and oxygen atoms in total. The molecule has 0 amide bonds. The van der Waals surface area contributed by atoms with Gasteiger partial charge < -0.3 is 9.84 Å². The molecule has 1 N–H and O–H groups in total. The van der Waals surface area contributed by atoms with Crippen LogP contribution in [0.5, 0.6) is 0 Å². The van der Waals surface area contributed by atoms with Gasteiger partial charge in [0.1, 0.15) is 13.1 Å². The third-order valence-electron chi connectivity index (χ3n) is 1.89. The number of rotatable bonds is 1. The summed E-state index contributed by atoms with van der Waals surface area (Å²) in [5.41, 5.74) is 0. The van der Waals surface area contributed by atoms with Crippen LogP contribution in [0.3, 0.4) is 0 Å². The van der Waals surface area contributed by atoms with Gasteiger partial charge in [-0.15, -0.1) is 0 Å². The van der Waals surface area contributed by atoms with Gasteiger partial charge in [0, 0.05) is 0 Å². The van der Waals surface area contributed by atoms with Crippen molar-refractivity contribution in [1.82, 2.24) is 0 Å². The summed E-state index contributed by atoms with van der Waals surface area (Å²) in [4.78, 5) is 0. The Morgan fingerprint density at radius 1 is 1.44 bits per heavy atom. The molecule has 9 heavy (non-hydrogen) atoms. The molecule has 0 bridgehead atoms. The Morgan fingerprint density at radius 2 is 2.00 bits per heavy atom. The predicted molar refractivity (Wildman–Crippen MR) is 33.8 cm³/mol. The van der Waals surface area contributed by atoms with E-state index in [1.54, 1.807) is 0 Å². The smallest absolute Gasteiger partial charge is 0.180 e. The predicted octanol–water partition coefficient (Wildman–Crippen LogP) is -0.587. The number of aliphatic hydroxyl groups is 1. The summed E-state index contributed by atoms with van der Waals surface area (Å²) < 4.78 is 5.89. The lowest BCUT2D eigenvalue weighted by Gasteiger charge is -2.35. The Kier molecular flexibility index (Phi) is 2.05. The van der Waals surface area contributed by atoms with E-state index in [1.165, 1.54) is 0 Å². The van der Waals surface area contributed by atoms with Crippen LogP contribution in [0.25, 0.3) is 0 Å². The van der Waals surface area contributed by atoms with E-state index >= 15 is 0 Å². The maximum Gasteiger partial charge on any atom is 0.180 e. The Hall–Kier alpha value is -0.120. The summed E-state index contributed by atoms with van der Waals surface area (Å²) in [6.45, 7) is 3.70. The molecule has 0 atom stereocenters. The normalized spacial score (nSPS) is 26.0. The number of nitrogens with zero attached hydrogens (tertiary/aromatic N) is 1. The molecule has 0 aromatic heterocycles. The average Bonchev–Trinajstić information content (AvgIpc) is 1.90. The van der Waals surface area contributed by atoms with Crippen molar-refractivity contribution in [2.45, 2.75) is 0 Å². The first kappa shape index (κ1) is 6.99. The van der Waals surface area contributed by atoms with Crippen molar-refractivity contribution in [1.29, 1.82) is 0 Å². The van der Waals surface area contributed by atoms with Gasteiger partial charge in [0.2, 0.25) is 0 Å². The Morgan fingerprint density at radius 3 is 2.33 bits per heavy atom. The zero-order valence-electron chi connectivity index (χ0n) is 5.84.